The molecule has 0 aromatic carbocycles. The van der Waals surface area contributed by atoms with E-state index < -0.39 is 0 Å². The molecule has 0 aromatic heterocycles. The predicted molar refractivity (Wildman–Crippen MR) is 58.4 cm³/mol. The molecule has 0 saturated heterocycles. The Bertz CT molecular complexity index is 30.3. The van der Waals surface area contributed by atoms with Gasteiger partial charge in [-0.05, 0) is 0 Å². The largest absolute Gasteiger partial charge is 3.00 e. The molecule has 0 spiro atoms. The molecule has 0 heterocycles. The van der Waals surface area contributed by atoms with Gasteiger partial charge in [0.15, 0.2) is 0 Å². The summed E-state index contributed by atoms with van der Waals surface area (Å²) >= 11 is 0. The third kappa shape index (κ3) is 109. The molecule has 0 aromatic rings. The average Bonchev–Trinajstić information content (AvgIpc) is 2.18. The second-order valence-corrected chi connectivity index (χ2v) is 2.25. The minimum absolute atomic E-state index is 0. The SMILES string of the molecule is CCC[NH-].CCC[NH-].CCC[NH-].[Nb+3]. The Kier molecular flexibility index (Phi) is 70.1. The third-order valence-corrected chi connectivity index (χ3v) is 0.750. The first-order chi connectivity index (χ1) is 5.74. The summed E-state index contributed by atoms with van der Waals surface area (Å²) in [7, 11) is 0. The summed E-state index contributed by atoms with van der Waals surface area (Å²) in [5.74, 6) is 0. The molecule has 0 saturated carbocycles. The summed E-state index contributed by atoms with van der Waals surface area (Å²) in [6.45, 7) is 7.69. The van der Waals surface area contributed by atoms with Crippen molar-refractivity contribution in [3.05, 3.63) is 17.2 Å². The minimum Gasteiger partial charge on any atom is -0.677 e. The van der Waals surface area contributed by atoms with Crippen molar-refractivity contribution in [2.24, 2.45) is 0 Å². The van der Waals surface area contributed by atoms with Gasteiger partial charge in [0.25, 0.3) is 0 Å². The summed E-state index contributed by atoms with van der Waals surface area (Å²) < 4.78 is 0. The van der Waals surface area contributed by atoms with Crippen LogP contribution in [0.1, 0.15) is 40.0 Å². The summed E-state index contributed by atoms with van der Waals surface area (Å²) in [4.78, 5) is 0. The molecular weight excluding hydrogens is 243 g/mol. The van der Waals surface area contributed by atoms with Crippen LogP contribution in [0.25, 0.3) is 17.2 Å². The number of hydrogen-bond donors (Lipinski definition) is 0. The topological polar surface area (TPSA) is 71.4 Å². The van der Waals surface area contributed by atoms with E-state index in [0.29, 0.717) is 19.6 Å². The zero-order chi connectivity index (χ0) is 10.2. The molecule has 4 heteroatoms. The molecule has 13 heavy (non-hydrogen) atoms. The van der Waals surface area contributed by atoms with Crippen molar-refractivity contribution < 1.29 is 22.4 Å². The van der Waals surface area contributed by atoms with E-state index in [1.54, 1.807) is 0 Å². The van der Waals surface area contributed by atoms with E-state index in [0.717, 1.165) is 19.3 Å². The van der Waals surface area contributed by atoms with Gasteiger partial charge in [-0.2, -0.15) is 19.6 Å². The van der Waals surface area contributed by atoms with Gasteiger partial charge in [-0.3, -0.25) is 0 Å². The molecule has 0 radical (unpaired) electrons. The predicted octanol–water partition coefficient (Wildman–Crippen LogP) is 4.34. The van der Waals surface area contributed by atoms with Crippen molar-refractivity contribution in [1.82, 2.24) is 0 Å². The third-order valence-electron chi connectivity index (χ3n) is 0.750. The normalized spacial score (nSPS) is 6.92. The fourth-order valence-corrected chi connectivity index (χ4v) is 0. The van der Waals surface area contributed by atoms with Crippen molar-refractivity contribution >= 4 is 0 Å². The Morgan fingerprint density at radius 3 is 0.692 bits per heavy atom. The fraction of sp³-hybridized carbons (Fsp3) is 1.00. The second-order valence-electron chi connectivity index (χ2n) is 2.25. The van der Waals surface area contributed by atoms with Crippen LogP contribution in [0.5, 0.6) is 0 Å². The van der Waals surface area contributed by atoms with Crippen LogP contribution in [-0.4, -0.2) is 19.6 Å². The van der Waals surface area contributed by atoms with Crippen molar-refractivity contribution in [2.75, 3.05) is 19.6 Å². The summed E-state index contributed by atoms with van der Waals surface area (Å²) in [5, 5.41) is 0. The standard InChI is InChI=1S/3C3H8N.Nb/c3*1-2-3-4;/h3*4H,2-3H2,1H3;/q3*-1;+3. The average molecular weight is 267 g/mol. The molecule has 0 atom stereocenters. The van der Waals surface area contributed by atoms with Gasteiger partial charge >= 0.3 is 22.4 Å². The van der Waals surface area contributed by atoms with Crippen LogP contribution in [0.3, 0.4) is 0 Å². The molecule has 0 unspecified atom stereocenters. The quantitative estimate of drug-likeness (QED) is 0.682. The zero-order valence-corrected chi connectivity index (χ0v) is 11.4. The minimum atomic E-state index is 0. The van der Waals surface area contributed by atoms with Crippen molar-refractivity contribution in [3.63, 3.8) is 0 Å². The van der Waals surface area contributed by atoms with Gasteiger partial charge in [-0.1, -0.05) is 40.0 Å². The molecule has 0 rings (SSSR count). The molecule has 3 nitrogen and oxygen atoms in total. The first-order valence-corrected chi connectivity index (χ1v) is 4.68. The van der Waals surface area contributed by atoms with Crippen molar-refractivity contribution in [2.45, 2.75) is 40.0 Å². The number of rotatable bonds is 3. The molecule has 0 fully saturated rings. The molecule has 0 amide bonds. The monoisotopic (exact) mass is 267 g/mol. The van der Waals surface area contributed by atoms with Gasteiger partial charge < -0.3 is 17.2 Å². The van der Waals surface area contributed by atoms with E-state index >= 15 is 0 Å². The smallest absolute Gasteiger partial charge is 0.677 e. The van der Waals surface area contributed by atoms with E-state index in [1.807, 2.05) is 20.8 Å². The van der Waals surface area contributed by atoms with Crippen LogP contribution in [0, 0.1) is 0 Å². The Morgan fingerprint density at radius 1 is 0.615 bits per heavy atom. The summed E-state index contributed by atoms with van der Waals surface area (Å²) in [5.41, 5.74) is 19.4. The molecule has 0 aliphatic heterocycles. The van der Waals surface area contributed by atoms with E-state index in [9.17, 15) is 0 Å². The van der Waals surface area contributed by atoms with Crippen LogP contribution in [-0.2, 0) is 22.4 Å². The summed E-state index contributed by atoms with van der Waals surface area (Å²) in [6, 6.07) is 0. The van der Waals surface area contributed by atoms with Crippen molar-refractivity contribution in [3.8, 4) is 0 Å². The Labute approximate surface area is 99.3 Å². The number of nitrogens with one attached hydrogen (secondary N) is 3. The van der Waals surface area contributed by atoms with E-state index in [2.05, 4.69) is 0 Å². The molecule has 3 N–H and O–H groups in total. The van der Waals surface area contributed by atoms with Gasteiger partial charge in [0.1, 0.15) is 0 Å². The van der Waals surface area contributed by atoms with Crippen molar-refractivity contribution in [1.29, 1.82) is 0 Å². The van der Waals surface area contributed by atoms with E-state index in [1.165, 1.54) is 0 Å². The molecule has 80 valence electrons. The van der Waals surface area contributed by atoms with E-state index in [-0.39, 0.29) is 22.4 Å². The van der Waals surface area contributed by atoms with Gasteiger partial charge in [0.05, 0.1) is 0 Å². The Morgan fingerprint density at radius 2 is 0.692 bits per heavy atom. The Hall–Kier alpha value is 0.620. The molecule has 0 aliphatic rings. The first-order valence-electron chi connectivity index (χ1n) is 4.68. The second kappa shape index (κ2) is 38.9. The maximum absolute atomic E-state index is 6.45. The van der Waals surface area contributed by atoms with Gasteiger partial charge in [0.2, 0.25) is 0 Å². The molecule has 0 aliphatic carbocycles. The van der Waals surface area contributed by atoms with Gasteiger partial charge in [-0.15, -0.1) is 0 Å². The summed E-state index contributed by atoms with van der Waals surface area (Å²) in [6.07, 6.45) is 2.96. The molecular formula is C9H24N3Nb. The van der Waals surface area contributed by atoms with Crippen LogP contribution in [0.15, 0.2) is 0 Å². The van der Waals surface area contributed by atoms with Crippen LogP contribution in [0.2, 0.25) is 0 Å². The van der Waals surface area contributed by atoms with Crippen LogP contribution >= 0.6 is 0 Å². The van der Waals surface area contributed by atoms with Crippen LogP contribution in [0.4, 0.5) is 0 Å². The van der Waals surface area contributed by atoms with Crippen LogP contribution < -0.4 is 0 Å². The molecule has 0 bridgehead atoms. The first kappa shape index (κ1) is 23.4. The number of hydrogen-bond acceptors (Lipinski definition) is 0. The van der Waals surface area contributed by atoms with Gasteiger partial charge in [-0.25, -0.2) is 0 Å². The zero-order valence-electron chi connectivity index (χ0n) is 9.19. The fourth-order valence-electron chi connectivity index (χ4n) is 0. The maximum Gasteiger partial charge on any atom is 3.00 e. The van der Waals surface area contributed by atoms with Gasteiger partial charge in [0, 0.05) is 0 Å². The maximum atomic E-state index is 6.45. The Balaban J connectivity index is -0.0000000450. The van der Waals surface area contributed by atoms with E-state index in [4.69, 9.17) is 17.2 Å².